The Hall–Kier alpha value is -3.44. The molecule has 11 heteroatoms. The van der Waals surface area contributed by atoms with Crippen LogP contribution in [0.4, 0.5) is 4.79 Å². The van der Waals surface area contributed by atoms with Gasteiger partial charge >= 0.3 is 6.09 Å². The lowest BCUT2D eigenvalue weighted by atomic mass is 10.1. The zero-order chi connectivity index (χ0) is 24.4. The number of ether oxygens (including phenoxy) is 1. The van der Waals surface area contributed by atoms with Gasteiger partial charge in [-0.3, -0.25) is 9.59 Å². The van der Waals surface area contributed by atoms with Crippen LogP contribution in [0.3, 0.4) is 0 Å². The van der Waals surface area contributed by atoms with Crippen molar-refractivity contribution in [3.05, 3.63) is 66.2 Å². The molecule has 3 amide bonds. The molecule has 0 aliphatic carbocycles. The summed E-state index contributed by atoms with van der Waals surface area (Å²) in [7, 11) is -3.71. The molecule has 0 aromatic heterocycles. The van der Waals surface area contributed by atoms with Crippen LogP contribution in [0.2, 0.25) is 0 Å². The van der Waals surface area contributed by atoms with E-state index in [-0.39, 0.29) is 17.9 Å². The maximum absolute atomic E-state index is 12.6. The number of benzene rings is 2. The molecule has 10 nitrogen and oxygen atoms in total. The smallest absolute Gasteiger partial charge is 0.408 e. The van der Waals surface area contributed by atoms with Gasteiger partial charge in [-0.05, 0) is 31.0 Å². The van der Waals surface area contributed by atoms with Gasteiger partial charge in [-0.1, -0.05) is 48.5 Å². The lowest BCUT2D eigenvalue weighted by molar-refractivity contribution is -0.130. The Kier molecular flexibility index (Phi) is 9.37. The number of primary amides is 1. The fourth-order valence-corrected chi connectivity index (χ4v) is 4.22. The summed E-state index contributed by atoms with van der Waals surface area (Å²) in [4.78, 5) is 36.6. The molecular formula is C22H27N3O7S. The minimum absolute atomic E-state index is 0.0535. The van der Waals surface area contributed by atoms with E-state index >= 15 is 0 Å². The number of rotatable bonds is 11. The number of carbonyl (C=O) groups is 3. The molecule has 178 valence electrons. The van der Waals surface area contributed by atoms with Gasteiger partial charge in [0.1, 0.15) is 18.7 Å². The number of carbonyl (C=O) groups excluding carboxylic acids is 3. The van der Waals surface area contributed by atoms with E-state index in [4.69, 9.17) is 10.5 Å². The number of hydrogen-bond donors (Lipinski definition) is 4. The molecule has 0 saturated carbocycles. The van der Waals surface area contributed by atoms with E-state index in [2.05, 4.69) is 10.6 Å². The third-order valence-corrected chi connectivity index (χ3v) is 6.45. The Balaban J connectivity index is 1.97. The van der Waals surface area contributed by atoms with Crippen molar-refractivity contribution < 1.29 is 32.6 Å². The summed E-state index contributed by atoms with van der Waals surface area (Å²) in [6.45, 7) is 1.21. The molecule has 0 unspecified atom stereocenters. The maximum Gasteiger partial charge on any atom is 0.408 e. The van der Waals surface area contributed by atoms with Crippen molar-refractivity contribution in [3.63, 3.8) is 0 Å². The molecular weight excluding hydrogens is 450 g/mol. The largest absolute Gasteiger partial charge is 0.445 e. The lowest BCUT2D eigenvalue weighted by Crippen LogP contribution is -2.56. The molecule has 2 aromatic rings. The third kappa shape index (κ3) is 8.20. The number of hydrogen-bond acceptors (Lipinski definition) is 7. The van der Waals surface area contributed by atoms with Crippen LogP contribution >= 0.6 is 0 Å². The van der Waals surface area contributed by atoms with Crippen molar-refractivity contribution in [2.75, 3.05) is 5.75 Å². The van der Waals surface area contributed by atoms with Crippen molar-refractivity contribution in [1.82, 2.24) is 10.6 Å². The molecule has 0 saturated heterocycles. The number of nitrogens with one attached hydrogen (secondary N) is 2. The van der Waals surface area contributed by atoms with Crippen LogP contribution in [-0.2, 0) is 30.8 Å². The van der Waals surface area contributed by atoms with Gasteiger partial charge in [0.2, 0.25) is 11.8 Å². The fraction of sp³-hybridized carbons (Fsp3) is 0.318. The third-order valence-electron chi connectivity index (χ3n) is 4.69. The van der Waals surface area contributed by atoms with Gasteiger partial charge in [0.25, 0.3) is 0 Å². The number of aliphatic hydroxyl groups excluding tert-OH is 1. The topological polar surface area (TPSA) is 165 Å². The molecule has 0 aliphatic heterocycles. The highest BCUT2D eigenvalue weighted by molar-refractivity contribution is 7.91. The Morgan fingerprint density at radius 2 is 1.58 bits per heavy atom. The first kappa shape index (κ1) is 25.8. The van der Waals surface area contributed by atoms with Crippen molar-refractivity contribution in [2.45, 2.75) is 43.0 Å². The Bertz CT molecular complexity index is 1040. The number of sulfone groups is 1. The van der Waals surface area contributed by atoms with Gasteiger partial charge in [0, 0.05) is 0 Å². The van der Waals surface area contributed by atoms with Gasteiger partial charge in [0.15, 0.2) is 9.84 Å². The highest BCUT2D eigenvalue weighted by atomic mass is 32.2. The monoisotopic (exact) mass is 477 g/mol. The van der Waals surface area contributed by atoms with E-state index in [1.165, 1.54) is 19.1 Å². The number of nitrogens with two attached hydrogens (primary N) is 1. The van der Waals surface area contributed by atoms with Gasteiger partial charge in [-0.2, -0.15) is 0 Å². The van der Waals surface area contributed by atoms with E-state index in [9.17, 15) is 27.9 Å². The summed E-state index contributed by atoms with van der Waals surface area (Å²) < 4.78 is 29.9. The summed E-state index contributed by atoms with van der Waals surface area (Å²) in [6, 6.07) is 13.7. The van der Waals surface area contributed by atoms with Crippen molar-refractivity contribution >= 4 is 27.7 Å². The van der Waals surface area contributed by atoms with Gasteiger partial charge < -0.3 is 26.2 Å². The summed E-state index contributed by atoms with van der Waals surface area (Å²) in [5.74, 6) is -2.32. The summed E-state index contributed by atoms with van der Waals surface area (Å²) in [5.41, 5.74) is 6.04. The highest BCUT2D eigenvalue weighted by Crippen LogP contribution is 2.12. The van der Waals surface area contributed by atoms with Crippen LogP contribution in [-0.4, -0.2) is 55.4 Å². The second-order valence-electron chi connectivity index (χ2n) is 7.31. The predicted molar refractivity (Wildman–Crippen MR) is 119 cm³/mol. The zero-order valence-electron chi connectivity index (χ0n) is 18.0. The quantitative estimate of drug-likeness (QED) is 0.366. The van der Waals surface area contributed by atoms with Crippen molar-refractivity contribution in [1.29, 1.82) is 0 Å². The van der Waals surface area contributed by atoms with Crippen LogP contribution in [0, 0.1) is 0 Å². The SMILES string of the molecule is C[C@@H](O)[C@H](NC(=O)OCc1ccccc1)C(=O)N[C@H](CCS(=O)(=O)c1ccccc1)C(N)=O. The van der Waals surface area contributed by atoms with Crippen LogP contribution in [0.1, 0.15) is 18.9 Å². The predicted octanol–water partition coefficient (Wildman–Crippen LogP) is 0.496. The average molecular weight is 478 g/mol. The Labute approximate surface area is 192 Å². The first-order chi connectivity index (χ1) is 15.6. The molecule has 0 spiro atoms. The maximum atomic E-state index is 12.6. The van der Waals surface area contributed by atoms with Crippen molar-refractivity contribution in [3.8, 4) is 0 Å². The van der Waals surface area contributed by atoms with E-state index in [1.807, 2.05) is 0 Å². The molecule has 0 bridgehead atoms. The van der Waals surface area contributed by atoms with Crippen LogP contribution in [0.25, 0.3) is 0 Å². The number of aliphatic hydroxyl groups is 1. The van der Waals surface area contributed by atoms with E-state index < -0.39 is 51.7 Å². The second kappa shape index (κ2) is 12.0. The average Bonchev–Trinajstić information content (AvgIpc) is 2.79. The molecule has 5 N–H and O–H groups in total. The minimum Gasteiger partial charge on any atom is -0.445 e. The van der Waals surface area contributed by atoms with E-state index in [0.29, 0.717) is 0 Å². The summed E-state index contributed by atoms with van der Waals surface area (Å²) in [6.07, 6.45) is -2.58. The second-order valence-corrected chi connectivity index (χ2v) is 9.42. The van der Waals surface area contributed by atoms with Crippen molar-refractivity contribution in [2.24, 2.45) is 5.73 Å². The molecule has 0 heterocycles. The highest BCUT2D eigenvalue weighted by Gasteiger charge is 2.30. The molecule has 2 aromatic carbocycles. The van der Waals surface area contributed by atoms with Gasteiger partial charge in [-0.15, -0.1) is 0 Å². The number of alkyl carbamates (subject to hydrolysis) is 1. The summed E-state index contributed by atoms with van der Waals surface area (Å²) in [5, 5.41) is 14.5. The molecule has 0 aliphatic rings. The van der Waals surface area contributed by atoms with Crippen LogP contribution in [0.5, 0.6) is 0 Å². The van der Waals surface area contributed by atoms with Gasteiger partial charge in [-0.25, -0.2) is 13.2 Å². The Morgan fingerprint density at radius 1 is 1.00 bits per heavy atom. The zero-order valence-corrected chi connectivity index (χ0v) is 18.8. The first-order valence-electron chi connectivity index (χ1n) is 10.1. The molecule has 33 heavy (non-hydrogen) atoms. The van der Waals surface area contributed by atoms with Crippen LogP contribution < -0.4 is 16.4 Å². The molecule has 2 rings (SSSR count). The van der Waals surface area contributed by atoms with E-state index in [0.717, 1.165) is 5.56 Å². The standard InChI is InChI=1S/C22H27N3O7S/c1-15(26)19(25-22(29)32-14-16-8-4-2-5-9-16)21(28)24-18(20(23)27)12-13-33(30,31)17-10-6-3-7-11-17/h2-11,15,18-19,26H,12-14H2,1H3,(H2,23,27)(H,24,28)(H,25,29)/t15-,18-,19+/m1/s1. The Morgan fingerprint density at radius 3 is 2.12 bits per heavy atom. The summed E-state index contributed by atoms with van der Waals surface area (Å²) >= 11 is 0. The molecule has 0 radical (unpaired) electrons. The van der Waals surface area contributed by atoms with Crippen LogP contribution in [0.15, 0.2) is 65.6 Å². The normalized spacial score (nSPS) is 13.9. The van der Waals surface area contributed by atoms with Gasteiger partial charge in [0.05, 0.1) is 16.8 Å². The molecule has 0 fully saturated rings. The minimum atomic E-state index is -3.71. The first-order valence-corrected chi connectivity index (χ1v) is 11.8. The molecule has 3 atom stereocenters. The lowest BCUT2D eigenvalue weighted by Gasteiger charge is -2.23. The fourth-order valence-electron chi connectivity index (χ4n) is 2.86. The number of amides is 3. The van der Waals surface area contributed by atoms with E-state index in [1.54, 1.807) is 48.5 Å².